The number of ether oxygens (including phenoxy) is 1. The van der Waals surface area contributed by atoms with Crippen molar-refractivity contribution in [2.24, 2.45) is 5.92 Å². The Balaban J connectivity index is 2.06. The van der Waals surface area contributed by atoms with Crippen LogP contribution >= 0.6 is 0 Å². The highest BCUT2D eigenvalue weighted by atomic mass is 19.1. The highest BCUT2D eigenvalue weighted by Crippen LogP contribution is 2.24. The van der Waals surface area contributed by atoms with Gasteiger partial charge < -0.3 is 9.84 Å². The van der Waals surface area contributed by atoms with E-state index in [9.17, 15) is 9.18 Å². The third-order valence-electron chi connectivity index (χ3n) is 3.26. The Hall–Kier alpha value is -1.62. The first-order valence-corrected chi connectivity index (χ1v) is 5.87. The predicted octanol–water partition coefficient (Wildman–Crippen LogP) is 1.74. The van der Waals surface area contributed by atoms with Crippen LogP contribution in [0.5, 0.6) is 5.75 Å². The average molecular weight is 253 g/mol. The lowest BCUT2D eigenvalue weighted by Crippen LogP contribution is -2.23. The van der Waals surface area contributed by atoms with E-state index in [1.165, 1.54) is 12.1 Å². The molecule has 1 heterocycles. The van der Waals surface area contributed by atoms with Crippen molar-refractivity contribution in [3.63, 3.8) is 0 Å². The number of aliphatic carboxylic acids is 1. The standard InChI is InChI=1S/C13H16FNO3/c1-18-12-3-2-11(14)6-10(12)8-15-5-4-9(7-15)13(16)17/h2-3,6,9H,4-5,7-8H2,1H3,(H,16,17). The van der Waals surface area contributed by atoms with Gasteiger partial charge in [0.2, 0.25) is 0 Å². The minimum absolute atomic E-state index is 0.306. The van der Waals surface area contributed by atoms with E-state index < -0.39 is 5.97 Å². The van der Waals surface area contributed by atoms with Crippen molar-refractivity contribution in [2.75, 3.05) is 20.2 Å². The van der Waals surface area contributed by atoms with E-state index in [4.69, 9.17) is 9.84 Å². The molecule has 1 aromatic rings. The van der Waals surface area contributed by atoms with E-state index in [0.29, 0.717) is 25.3 Å². The SMILES string of the molecule is COc1ccc(F)cc1CN1CCC(C(=O)O)C1. The average Bonchev–Trinajstić information content (AvgIpc) is 2.78. The van der Waals surface area contributed by atoms with E-state index in [1.807, 2.05) is 4.90 Å². The van der Waals surface area contributed by atoms with Crippen molar-refractivity contribution in [1.29, 1.82) is 0 Å². The summed E-state index contributed by atoms with van der Waals surface area (Å²) in [6.07, 6.45) is 0.646. The van der Waals surface area contributed by atoms with Crippen LogP contribution in [-0.4, -0.2) is 36.2 Å². The molecule has 1 aromatic carbocycles. The Kier molecular flexibility index (Phi) is 3.81. The van der Waals surface area contributed by atoms with Gasteiger partial charge in [-0.2, -0.15) is 0 Å². The zero-order valence-electron chi connectivity index (χ0n) is 10.2. The first-order chi connectivity index (χ1) is 8.60. The molecule has 1 aliphatic heterocycles. The maximum Gasteiger partial charge on any atom is 0.307 e. The summed E-state index contributed by atoms with van der Waals surface area (Å²) in [6, 6.07) is 4.38. The van der Waals surface area contributed by atoms with E-state index in [2.05, 4.69) is 0 Å². The molecule has 4 nitrogen and oxygen atoms in total. The first-order valence-electron chi connectivity index (χ1n) is 5.87. The maximum absolute atomic E-state index is 13.2. The number of rotatable bonds is 4. The van der Waals surface area contributed by atoms with Crippen LogP contribution in [0.1, 0.15) is 12.0 Å². The highest BCUT2D eigenvalue weighted by Gasteiger charge is 2.28. The highest BCUT2D eigenvalue weighted by molar-refractivity contribution is 5.70. The minimum Gasteiger partial charge on any atom is -0.496 e. The molecule has 1 fully saturated rings. The Morgan fingerprint density at radius 1 is 1.61 bits per heavy atom. The molecule has 0 spiro atoms. The van der Waals surface area contributed by atoms with Crippen LogP contribution < -0.4 is 4.74 Å². The Morgan fingerprint density at radius 3 is 3.00 bits per heavy atom. The number of nitrogens with zero attached hydrogens (tertiary/aromatic N) is 1. The van der Waals surface area contributed by atoms with Crippen molar-refractivity contribution in [3.8, 4) is 5.75 Å². The predicted molar refractivity (Wildman–Crippen MR) is 64.0 cm³/mol. The molecule has 2 rings (SSSR count). The number of halogens is 1. The van der Waals surface area contributed by atoms with Crippen molar-refractivity contribution in [3.05, 3.63) is 29.6 Å². The number of carboxylic acids is 1. The molecular formula is C13H16FNO3. The number of methoxy groups -OCH3 is 1. The van der Waals surface area contributed by atoms with Gasteiger partial charge in [-0.1, -0.05) is 0 Å². The van der Waals surface area contributed by atoms with E-state index >= 15 is 0 Å². The van der Waals surface area contributed by atoms with E-state index in [-0.39, 0.29) is 11.7 Å². The zero-order valence-corrected chi connectivity index (χ0v) is 10.2. The lowest BCUT2D eigenvalue weighted by atomic mass is 10.1. The summed E-state index contributed by atoms with van der Waals surface area (Å²) >= 11 is 0. The molecule has 5 heteroatoms. The normalized spacial score (nSPS) is 20.0. The van der Waals surface area contributed by atoms with Crippen LogP contribution in [0.25, 0.3) is 0 Å². The van der Waals surface area contributed by atoms with Crippen molar-refractivity contribution in [1.82, 2.24) is 4.90 Å². The van der Waals surface area contributed by atoms with Gasteiger partial charge in [-0.25, -0.2) is 4.39 Å². The summed E-state index contributed by atoms with van der Waals surface area (Å²) in [5, 5.41) is 8.93. The van der Waals surface area contributed by atoms with Gasteiger partial charge in [0.15, 0.2) is 0 Å². The van der Waals surface area contributed by atoms with Gasteiger partial charge in [0, 0.05) is 18.7 Å². The van der Waals surface area contributed by atoms with Gasteiger partial charge in [-0.15, -0.1) is 0 Å². The fraction of sp³-hybridized carbons (Fsp3) is 0.462. The monoisotopic (exact) mass is 253 g/mol. The summed E-state index contributed by atoms with van der Waals surface area (Å²) in [4.78, 5) is 12.9. The van der Waals surface area contributed by atoms with Gasteiger partial charge in [0.05, 0.1) is 13.0 Å². The molecule has 0 aromatic heterocycles. The minimum atomic E-state index is -0.760. The molecular weight excluding hydrogens is 237 g/mol. The Labute approximate surface area is 105 Å². The summed E-state index contributed by atoms with van der Waals surface area (Å²) in [5.41, 5.74) is 0.753. The quantitative estimate of drug-likeness (QED) is 0.888. The van der Waals surface area contributed by atoms with Crippen LogP contribution in [0.2, 0.25) is 0 Å². The number of hydrogen-bond acceptors (Lipinski definition) is 3. The second kappa shape index (κ2) is 5.35. The third kappa shape index (κ3) is 2.79. The zero-order chi connectivity index (χ0) is 13.1. The molecule has 18 heavy (non-hydrogen) atoms. The van der Waals surface area contributed by atoms with E-state index in [1.54, 1.807) is 13.2 Å². The number of carboxylic acid groups (broad SMARTS) is 1. The molecule has 1 atom stereocenters. The summed E-state index contributed by atoms with van der Waals surface area (Å²) < 4.78 is 18.4. The molecule has 1 N–H and O–H groups in total. The Morgan fingerprint density at radius 2 is 2.39 bits per heavy atom. The van der Waals surface area contributed by atoms with Gasteiger partial charge in [0.1, 0.15) is 11.6 Å². The molecule has 1 saturated heterocycles. The molecule has 0 bridgehead atoms. The van der Waals surface area contributed by atoms with Crippen LogP contribution in [0.15, 0.2) is 18.2 Å². The molecule has 0 saturated carbocycles. The fourth-order valence-electron chi connectivity index (χ4n) is 2.29. The second-order valence-electron chi connectivity index (χ2n) is 4.52. The van der Waals surface area contributed by atoms with Crippen LogP contribution in [0.3, 0.4) is 0 Å². The number of carbonyl (C=O) groups is 1. The Bertz CT molecular complexity index is 450. The van der Waals surface area contributed by atoms with Crippen molar-refractivity contribution < 1.29 is 19.0 Å². The van der Waals surface area contributed by atoms with Crippen LogP contribution in [0.4, 0.5) is 4.39 Å². The lowest BCUT2D eigenvalue weighted by molar-refractivity contribution is -0.141. The molecule has 0 amide bonds. The number of benzene rings is 1. The first kappa shape index (κ1) is 12.8. The molecule has 1 unspecified atom stereocenters. The van der Waals surface area contributed by atoms with Crippen LogP contribution in [-0.2, 0) is 11.3 Å². The lowest BCUT2D eigenvalue weighted by Gasteiger charge is -2.17. The summed E-state index contributed by atoms with van der Waals surface area (Å²) in [7, 11) is 1.54. The molecule has 0 aliphatic carbocycles. The smallest absolute Gasteiger partial charge is 0.307 e. The van der Waals surface area contributed by atoms with Crippen LogP contribution in [0, 0.1) is 11.7 Å². The molecule has 98 valence electrons. The van der Waals surface area contributed by atoms with Gasteiger partial charge in [-0.05, 0) is 31.2 Å². The molecule has 1 aliphatic rings. The maximum atomic E-state index is 13.2. The summed E-state index contributed by atoms with van der Waals surface area (Å²) in [5.74, 6) is -0.747. The van der Waals surface area contributed by atoms with Gasteiger partial charge in [0.25, 0.3) is 0 Å². The van der Waals surface area contributed by atoms with Gasteiger partial charge in [-0.3, -0.25) is 9.69 Å². The number of hydrogen-bond donors (Lipinski definition) is 1. The number of likely N-dealkylation sites (tertiary alicyclic amines) is 1. The summed E-state index contributed by atoms with van der Waals surface area (Å²) in [6.45, 7) is 1.75. The van der Waals surface area contributed by atoms with Crippen molar-refractivity contribution in [2.45, 2.75) is 13.0 Å². The second-order valence-corrected chi connectivity index (χ2v) is 4.52. The molecule has 0 radical (unpaired) electrons. The van der Waals surface area contributed by atoms with Crippen molar-refractivity contribution >= 4 is 5.97 Å². The topological polar surface area (TPSA) is 49.8 Å². The van der Waals surface area contributed by atoms with E-state index in [0.717, 1.165) is 12.1 Å². The fourth-order valence-corrected chi connectivity index (χ4v) is 2.29. The van der Waals surface area contributed by atoms with Gasteiger partial charge >= 0.3 is 5.97 Å². The largest absolute Gasteiger partial charge is 0.496 e. The third-order valence-corrected chi connectivity index (χ3v) is 3.26.